The molecule has 0 fully saturated rings. The summed E-state index contributed by atoms with van der Waals surface area (Å²) in [5.74, 6) is -4.30. The van der Waals surface area contributed by atoms with E-state index in [4.69, 9.17) is 5.73 Å². The van der Waals surface area contributed by atoms with Gasteiger partial charge in [-0.05, 0) is 6.07 Å². The fourth-order valence-electron chi connectivity index (χ4n) is 1.29. The Hall–Kier alpha value is -1.28. The highest BCUT2D eigenvalue weighted by molar-refractivity contribution is 5.22. The molecular formula is C10H9F6NO. The quantitative estimate of drug-likeness (QED) is 0.656. The van der Waals surface area contributed by atoms with Crippen LogP contribution in [-0.2, 0) is 0 Å². The third kappa shape index (κ3) is 3.36. The molecule has 0 heterocycles. The van der Waals surface area contributed by atoms with Gasteiger partial charge in [-0.1, -0.05) is 0 Å². The Labute approximate surface area is 98.0 Å². The number of alkyl halides is 3. The summed E-state index contributed by atoms with van der Waals surface area (Å²) in [6, 6.07) is -1.94. The minimum absolute atomic E-state index is 0.146. The standard InChI is InChI=1S/C10H9F6NO/c11-5-2-7(13)6(12)1-4(5)8(18)3-9(17)10(14,15)16/h1-2,8-9,18H,3,17H2/t8-,9-/m1/s1. The van der Waals surface area contributed by atoms with E-state index in [9.17, 15) is 31.4 Å². The van der Waals surface area contributed by atoms with E-state index in [-0.39, 0.29) is 6.07 Å². The van der Waals surface area contributed by atoms with E-state index < -0.39 is 47.8 Å². The first-order valence-corrected chi connectivity index (χ1v) is 4.77. The van der Waals surface area contributed by atoms with E-state index in [1.807, 2.05) is 0 Å². The number of hydrogen-bond donors (Lipinski definition) is 2. The molecule has 0 aromatic heterocycles. The van der Waals surface area contributed by atoms with Crippen molar-refractivity contribution in [3.8, 4) is 0 Å². The van der Waals surface area contributed by atoms with Crippen LogP contribution in [-0.4, -0.2) is 17.3 Å². The van der Waals surface area contributed by atoms with E-state index in [0.29, 0.717) is 6.07 Å². The van der Waals surface area contributed by atoms with Crippen LogP contribution in [0.25, 0.3) is 0 Å². The summed E-state index contributed by atoms with van der Waals surface area (Å²) >= 11 is 0. The number of benzene rings is 1. The lowest BCUT2D eigenvalue weighted by Crippen LogP contribution is -2.38. The van der Waals surface area contributed by atoms with Gasteiger partial charge in [-0.2, -0.15) is 13.2 Å². The summed E-state index contributed by atoms with van der Waals surface area (Å²) < 4.78 is 74.8. The summed E-state index contributed by atoms with van der Waals surface area (Å²) in [5.41, 5.74) is 3.96. The van der Waals surface area contributed by atoms with Gasteiger partial charge in [0.1, 0.15) is 11.9 Å². The summed E-state index contributed by atoms with van der Waals surface area (Å²) in [5, 5.41) is 9.34. The maximum atomic E-state index is 13.1. The van der Waals surface area contributed by atoms with Crippen molar-refractivity contribution in [1.29, 1.82) is 0 Å². The van der Waals surface area contributed by atoms with Crippen molar-refractivity contribution in [2.45, 2.75) is 24.7 Å². The van der Waals surface area contributed by atoms with Gasteiger partial charge >= 0.3 is 6.18 Å². The van der Waals surface area contributed by atoms with Crippen LogP contribution < -0.4 is 5.73 Å². The molecule has 8 heteroatoms. The first kappa shape index (κ1) is 14.8. The van der Waals surface area contributed by atoms with Crippen molar-refractivity contribution in [2.75, 3.05) is 0 Å². The molecule has 0 spiro atoms. The number of halogens is 6. The number of aliphatic hydroxyl groups excluding tert-OH is 1. The van der Waals surface area contributed by atoms with Gasteiger partial charge in [0, 0.05) is 18.1 Å². The van der Waals surface area contributed by atoms with E-state index in [2.05, 4.69) is 0 Å². The van der Waals surface area contributed by atoms with Gasteiger partial charge in [-0.3, -0.25) is 0 Å². The first-order valence-electron chi connectivity index (χ1n) is 4.77. The molecule has 0 aliphatic rings. The van der Waals surface area contributed by atoms with Crippen molar-refractivity contribution in [2.24, 2.45) is 5.73 Å². The maximum absolute atomic E-state index is 13.1. The average molecular weight is 273 g/mol. The van der Waals surface area contributed by atoms with Gasteiger partial charge in [-0.15, -0.1) is 0 Å². The Morgan fingerprint density at radius 2 is 1.56 bits per heavy atom. The zero-order valence-electron chi connectivity index (χ0n) is 8.81. The van der Waals surface area contributed by atoms with Crippen LogP contribution in [0.1, 0.15) is 18.1 Å². The molecule has 18 heavy (non-hydrogen) atoms. The third-order valence-electron chi connectivity index (χ3n) is 2.30. The lowest BCUT2D eigenvalue weighted by Gasteiger charge is -2.19. The van der Waals surface area contributed by atoms with Crippen molar-refractivity contribution in [3.05, 3.63) is 35.1 Å². The molecule has 0 bridgehead atoms. The molecule has 0 aliphatic carbocycles. The van der Waals surface area contributed by atoms with Gasteiger partial charge in [-0.25, -0.2) is 13.2 Å². The van der Waals surface area contributed by atoms with Crippen LogP contribution in [0.5, 0.6) is 0 Å². The number of aliphatic hydroxyl groups is 1. The zero-order chi connectivity index (χ0) is 14.1. The lowest BCUT2D eigenvalue weighted by molar-refractivity contribution is -0.154. The minimum atomic E-state index is -4.77. The second-order valence-corrected chi connectivity index (χ2v) is 3.69. The average Bonchev–Trinajstić information content (AvgIpc) is 2.21. The van der Waals surface area contributed by atoms with Crippen LogP contribution in [0.4, 0.5) is 26.3 Å². The predicted molar refractivity (Wildman–Crippen MR) is 49.9 cm³/mol. The van der Waals surface area contributed by atoms with Crippen LogP contribution in [0.3, 0.4) is 0 Å². The Bertz CT molecular complexity index is 433. The van der Waals surface area contributed by atoms with E-state index in [1.54, 1.807) is 0 Å². The maximum Gasteiger partial charge on any atom is 0.403 e. The summed E-state index contributed by atoms with van der Waals surface area (Å²) in [7, 11) is 0. The Kier molecular flexibility index (Phi) is 4.23. The molecule has 1 rings (SSSR count). The Morgan fingerprint density at radius 3 is 2.06 bits per heavy atom. The molecule has 0 unspecified atom stereocenters. The molecule has 0 amide bonds. The highest BCUT2D eigenvalue weighted by atomic mass is 19.4. The van der Waals surface area contributed by atoms with E-state index in [1.165, 1.54) is 0 Å². The molecule has 0 radical (unpaired) electrons. The fourth-order valence-corrected chi connectivity index (χ4v) is 1.29. The number of rotatable bonds is 3. The van der Waals surface area contributed by atoms with Gasteiger partial charge < -0.3 is 10.8 Å². The molecule has 3 N–H and O–H groups in total. The third-order valence-corrected chi connectivity index (χ3v) is 2.30. The first-order chi connectivity index (χ1) is 8.12. The molecule has 0 saturated carbocycles. The molecule has 0 saturated heterocycles. The predicted octanol–water partition coefficient (Wildman–Crippen LogP) is 2.42. The summed E-state index contributed by atoms with van der Waals surface area (Å²) in [6.07, 6.45) is -7.79. The molecule has 2 nitrogen and oxygen atoms in total. The van der Waals surface area contributed by atoms with Gasteiger partial charge in [0.05, 0.1) is 6.10 Å². The molecule has 0 aliphatic heterocycles. The lowest BCUT2D eigenvalue weighted by atomic mass is 10.0. The van der Waals surface area contributed by atoms with Crippen molar-refractivity contribution in [3.63, 3.8) is 0 Å². The number of hydrogen-bond acceptors (Lipinski definition) is 2. The van der Waals surface area contributed by atoms with E-state index >= 15 is 0 Å². The summed E-state index contributed by atoms with van der Waals surface area (Å²) in [6.45, 7) is 0. The fraction of sp³-hybridized carbons (Fsp3) is 0.400. The number of nitrogens with two attached hydrogens (primary N) is 1. The Balaban J connectivity index is 2.91. The topological polar surface area (TPSA) is 46.2 Å². The van der Waals surface area contributed by atoms with Gasteiger partial charge in [0.2, 0.25) is 0 Å². The molecule has 2 atom stereocenters. The monoisotopic (exact) mass is 273 g/mol. The molecular weight excluding hydrogens is 264 g/mol. The van der Waals surface area contributed by atoms with Crippen LogP contribution in [0, 0.1) is 17.5 Å². The SMILES string of the molecule is N[C@H](C[C@@H](O)c1cc(F)c(F)cc1F)C(F)(F)F. The van der Waals surface area contributed by atoms with Crippen LogP contribution in [0.15, 0.2) is 12.1 Å². The molecule has 1 aromatic rings. The second kappa shape index (κ2) is 5.15. The van der Waals surface area contributed by atoms with Crippen LogP contribution >= 0.6 is 0 Å². The van der Waals surface area contributed by atoms with Crippen molar-refractivity contribution in [1.82, 2.24) is 0 Å². The van der Waals surface area contributed by atoms with Crippen LogP contribution in [0.2, 0.25) is 0 Å². The van der Waals surface area contributed by atoms with Gasteiger partial charge in [0.15, 0.2) is 11.6 Å². The van der Waals surface area contributed by atoms with Gasteiger partial charge in [0.25, 0.3) is 0 Å². The zero-order valence-corrected chi connectivity index (χ0v) is 8.81. The normalized spacial score (nSPS) is 15.6. The second-order valence-electron chi connectivity index (χ2n) is 3.69. The van der Waals surface area contributed by atoms with Crippen molar-refractivity contribution < 1.29 is 31.4 Å². The highest BCUT2D eigenvalue weighted by Crippen LogP contribution is 2.28. The van der Waals surface area contributed by atoms with E-state index in [0.717, 1.165) is 0 Å². The highest BCUT2D eigenvalue weighted by Gasteiger charge is 2.38. The molecule has 102 valence electrons. The summed E-state index contributed by atoms with van der Waals surface area (Å²) in [4.78, 5) is 0. The Morgan fingerprint density at radius 1 is 1.06 bits per heavy atom. The largest absolute Gasteiger partial charge is 0.403 e. The smallest absolute Gasteiger partial charge is 0.388 e. The molecule has 1 aromatic carbocycles. The minimum Gasteiger partial charge on any atom is -0.388 e. The van der Waals surface area contributed by atoms with Crippen molar-refractivity contribution >= 4 is 0 Å².